The summed E-state index contributed by atoms with van der Waals surface area (Å²) in [6, 6.07) is 2.33. The highest BCUT2D eigenvalue weighted by atomic mass is 16.2. The van der Waals surface area contributed by atoms with Crippen molar-refractivity contribution in [2.45, 2.75) is 51.2 Å². The van der Waals surface area contributed by atoms with E-state index in [1.165, 1.54) is 0 Å². The zero-order valence-electron chi connectivity index (χ0n) is 8.71. The average molecular weight is 195 g/mol. The second kappa shape index (κ2) is 4.97. The predicted molar refractivity (Wildman–Crippen MR) is 53.5 cm³/mol. The van der Waals surface area contributed by atoms with Gasteiger partial charge >= 0.3 is 0 Å². The Morgan fingerprint density at radius 1 is 1.57 bits per heavy atom. The first-order valence-corrected chi connectivity index (χ1v) is 5.07. The molecule has 2 unspecified atom stereocenters. The zero-order valence-corrected chi connectivity index (χ0v) is 8.71. The van der Waals surface area contributed by atoms with Crippen LogP contribution in [0.25, 0.3) is 0 Å². The van der Waals surface area contributed by atoms with E-state index in [0.717, 1.165) is 12.8 Å². The number of amides is 1. The van der Waals surface area contributed by atoms with Crippen molar-refractivity contribution in [2.24, 2.45) is 0 Å². The van der Waals surface area contributed by atoms with Crippen LogP contribution in [0.2, 0.25) is 0 Å². The van der Waals surface area contributed by atoms with Crippen molar-refractivity contribution in [2.75, 3.05) is 0 Å². The molecule has 0 bridgehead atoms. The molecule has 4 nitrogen and oxygen atoms in total. The number of rotatable bonds is 5. The Morgan fingerprint density at radius 2 is 2.21 bits per heavy atom. The van der Waals surface area contributed by atoms with Gasteiger partial charge in [-0.25, -0.2) is 0 Å². The molecule has 14 heavy (non-hydrogen) atoms. The molecule has 0 aliphatic heterocycles. The Balaban J connectivity index is 2.21. The van der Waals surface area contributed by atoms with Crippen LogP contribution in [-0.4, -0.2) is 24.0 Å². The number of carbonyl (C=O) groups is 1. The van der Waals surface area contributed by atoms with Crippen LogP contribution in [-0.2, 0) is 4.79 Å². The monoisotopic (exact) mass is 195 g/mol. The standard InChI is InChI=1S/C10H17N3O/c1-7(5-6-11)12-8(2)10(14)13-9-3-4-9/h7-9,12H,3-5H2,1-2H3,(H,13,14). The fourth-order valence-electron chi connectivity index (χ4n) is 1.25. The van der Waals surface area contributed by atoms with E-state index >= 15 is 0 Å². The molecule has 1 saturated carbocycles. The van der Waals surface area contributed by atoms with Crippen molar-refractivity contribution >= 4 is 5.91 Å². The van der Waals surface area contributed by atoms with Gasteiger partial charge in [-0.15, -0.1) is 0 Å². The van der Waals surface area contributed by atoms with Crippen molar-refractivity contribution in [1.82, 2.24) is 10.6 Å². The third kappa shape index (κ3) is 3.75. The van der Waals surface area contributed by atoms with E-state index < -0.39 is 0 Å². The van der Waals surface area contributed by atoms with Crippen molar-refractivity contribution in [3.8, 4) is 6.07 Å². The van der Waals surface area contributed by atoms with E-state index in [1.807, 2.05) is 13.8 Å². The zero-order chi connectivity index (χ0) is 10.6. The molecule has 1 amide bonds. The molecule has 1 fully saturated rings. The predicted octanol–water partition coefficient (Wildman–Crippen LogP) is 0.545. The molecule has 0 aromatic carbocycles. The lowest BCUT2D eigenvalue weighted by Gasteiger charge is -2.17. The molecule has 1 rings (SSSR count). The van der Waals surface area contributed by atoms with Crippen molar-refractivity contribution in [3.63, 3.8) is 0 Å². The van der Waals surface area contributed by atoms with Gasteiger partial charge in [0, 0.05) is 12.1 Å². The minimum absolute atomic E-state index is 0.0392. The van der Waals surface area contributed by atoms with Crippen LogP contribution < -0.4 is 10.6 Å². The van der Waals surface area contributed by atoms with Crippen LogP contribution >= 0.6 is 0 Å². The Morgan fingerprint density at radius 3 is 2.71 bits per heavy atom. The molecule has 1 aliphatic rings. The molecular weight excluding hydrogens is 178 g/mol. The van der Waals surface area contributed by atoms with Gasteiger partial charge in [0.05, 0.1) is 18.5 Å². The fraction of sp³-hybridized carbons (Fsp3) is 0.800. The summed E-state index contributed by atoms with van der Waals surface area (Å²) in [5.41, 5.74) is 0. The maximum Gasteiger partial charge on any atom is 0.237 e. The molecule has 0 spiro atoms. The van der Waals surface area contributed by atoms with E-state index in [-0.39, 0.29) is 18.0 Å². The number of nitrogens with zero attached hydrogens (tertiary/aromatic N) is 1. The largest absolute Gasteiger partial charge is 0.352 e. The lowest BCUT2D eigenvalue weighted by molar-refractivity contribution is -0.123. The minimum atomic E-state index is -0.209. The second-order valence-corrected chi connectivity index (χ2v) is 3.93. The van der Waals surface area contributed by atoms with Crippen LogP contribution in [0.5, 0.6) is 0 Å². The summed E-state index contributed by atoms with van der Waals surface area (Å²) in [6.45, 7) is 3.73. The second-order valence-electron chi connectivity index (χ2n) is 3.93. The Labute approximate surface area is 84.7 Å². The first kappa shape index (κ1) is 11.0. The highest BCUT2D eigenvalue weighted by molar-refractivity contribution is 5.81. The molecular formula is C10H17N3O. The van der Waals surface area contributed by atoms with Crippen molar-refractivity contribution in [1.29, 1.82) is 5.26 Å². The van der Waals surface area contributed by atoms with E-state index in [2.05, 4.69) is 16.7 Å². The van der Waals surface area contributed by atoms with Gasteiger partial charge in [0.25, 0.3) is 0 Å². The van der Waals surface area contributed by atoms with Gasteiger partial charge < -0.3 is 10.6 Å². The molecule has 0 radical (unpaired) electrons. The van der Waals surface area contributed by atoms with Crippen LogP contribution in [0, 0.1) is 11.3 Å². The molecule has 2 atom stereocenters. The van der Waals surface area contributed by atoms with E-state index in [1.54, 1.807) is 0 Å². The van der Waals surface area contributed by atoms with E-state index in [0.29, 0.717) is 12.5 Å². The quantitative estimate of drug-likeness (QED) is 0.673. The summed E-state index contributed by atoms with van der Waals surface area (Å²) in [6.07, 6.45) is 2.64. The number of hydrogen-bond donors (Lipinski definition) is 2. The van der Waals surface area contributed by atoms with Crippen LogP contribution in [0.3, 0.4) is 0 Å². The summed E-state index contributed by atoms with van der Waals surface area (Å²) in [7, 11) is 0. The van der Waals surface area contributed by atoms with Gasteiger partial charge in [-0.2, -0.15) is 5.26 Å². The highest BCUT2D eigenvalue weighted by Gasteiger charge is 2.25. The van der Waals surface area contributed by atoms with E-state index in [9.17, 15) is 4.79 Å². The molecule has 2 N–H and O–H groups in total. The van der Waals surface area contributed by atoms with Gasteiger partial charge in [-0.1, -0.05) is 0 Å². The normalized spacial score (nSPS) is 19.5. The summed E-state index contributed by atoms with van der Waals surface area (Å²) < 4.78 is 0. The van der Waals surface area contributed by atoms with Crippen LogP contribution in [0.15, 0.2) is 0 Å². The van der Waals surface area contributed by atoms with Gasteiger partial charge in [0.1, 0.15) is 0 Å². The molecule has 0 aromatic heterocycles. The molecule has 0 aromatic rings. The summed E-state index contributed by atoms with van der Waals surface area (Å²) in [5.74, 6) is 0.0392. The molecule has 4 heteroatoms. The van der Waals surface area contributed by atoms with Gasteiger partial charge in [-0.3, -0.25) is 4.79 Å². The Kier molecular flexibility index (Phi) is 3.90. The lowest BCUT2D eigenvalue weighted by Crippen LogP contribution is -2.46. The average Bonchev–Trinajstić information content (AvgIpc) is 2.88. The third-order valence-electron chi connectivity index (χ3n) is 2.25. The number of carbonyl (C=O) groups excluding carboxylic acids is 1. The molecule has 1 aliphatic carbocycles. The smallest absolute Gasteiger partial charge is 0.237 e. The summed E-state index contributed by atoms with van der Waals surface area (Å²) in [5, 5.41) is 14.4. The van der Waals surface area contributed by atoms with Crippen molar-refractivity contribution in [3.05, 3.63) is 0 Å². The van der Waals surface area contributed by atoms with Gasteiger partial charge in [-0.05, 0) is 26.7 Å². The first-order chi connectivity index (χ1) is 6.63. The first-order valence-electron chi connectivity index (χ1n) is 5.07. The SMILES string of the molecule is CC(CC#N)NC(C)C(=O)NC1CC1. The maximum atomic E-state index is 11.5. The number of nitriles is 1. The van der Waals surface area contributed by atoms with Gasteiger partial charge in [0.15, 0.2) is 0 Å². The Hall–Kier alpha value is -1.08. The van der Waals surface area contributed by atoms with Gasteiger partial charge in [0.2, 0.25) is 5.91 Å². The molecule has 78 valence electrons. The lowest BCUT2D eigenvalue weighted by atomic mass is 10.2. The highest BCUT2D eigenvalue weighted by Crippen LogP contribution is 2.18. The fourth-order valence-corrected chi connectivity index (χ4v) is 1.25. The third-order valence-corrected chi connectivity index (χ3v) is 2.25. The summed E-state index contributed by atoms with van der Waals surface area (Å²) >= 11 is 0. The van der Waals surface area contributed by atoms with Crippen molar-refractivity contribution < 1.29 is 4.79 Å². The summed E-state index contributed by atoms with van der Waals surface area (Å²) in [4.78, 5) is 11.5. The van der Waals surface area contributed by atoms with Crippen LogP contribution in [0.4, 0.5) is 0 Å². The Bertz CT molecular complexity index is 242. The van der Waals surface area contributed by atoms with Crippen LogP contribution in [0.1, 0.15) is 33.1 Å². The van der Waals surface area contributed by atoms with E-state index in [4.69, 9.17) is 5.26 Å². The number of hydrogen-bond acceptors (Lipinski definition) is 3. The number of nitrogens with one attached hydrogen (secondary N) is 2. The maximum absolute atomic E-state index is 11.5. The molecule has 0 heterocycles. The minimum Gasteiger partial charge on any atom is -0.352 e. The topological polar surface area (TPSA) is 64.9 Å². The molecule has 0 saturated heterocycles.